The number of methoxy groups -OCH3 is 1. The lowest BCUT2D eigenvalue weighted by Gasteiger charge is -2.20. The largest absolute Gasteiger partial charge is 0.383 e. The van der Waals surface area contributed by atoms with Gasteiger partial charge < -0.3 is 10.1 Å². The van der Waals surface area contributed by atoms with E-state index in [-0.39, 0.29) is 0 Å². The van der Waals surface area contributed by atoms with Crippen LogP contribution in [-0.4, -0.2) is 24.7 Å². The van der Waals surface area contributed by atoms with Gasteiger partial charge >= 0.3 is 0 Å². The number of thiazole rings is 1. The van der Waals surface area contributed by atoms with Crippen LogP contribution in [0.3, 0.4) is 0 Å². The monoisotopic (exact) mass is 264 g/mol. The average molecular weight is 264 g/mol. The number of hydrogen-bond donors (Lipinski definition) is 1. The summed E-state index contributed by atoms with van der Waals surface area (Å²) in [6, 6.07) is 8.64. The van der Waals surface area contributed by atoms with Gasteiger partial charge in [0.15, 0.2) is 0 Å². The molecular weight excluding hydrogens is 244 g/mol. The Hall–Kier alpha value is -0.970. The standard InChI is InChI=1S/C14H20N2OS/c1-10(2)12(9-17-3)15-8-14-16-11-6-4-5-7-13(11)18-14/h4-7,10,12,15H,8-9H2,1-3H3. The summed E-state index contributed by atoms with van der Waals surface area (Å²) < 4.78 is 6.49. The van der Waals surface area contributed by atoms with Crippen molar-refractivity contribution in [1.82, 2.24) is 10.3 Å². The molecule has 2 aromatic rings. The van der Waals surface area contributed by atoms with E-state index in [0.29, 0.717) is 12.0 Å². The minimum Gasteiger partial charge on any atom is -0.383 e. The summed E-state index contributed by atoms with van der Waals surface area (Å²) in [4.78, 5) is 4.62. The van der Waals surface area contributed by atoms with Crippen molar-refractivity contribution in [2.24, 2.45) is 5.92 Å². The molecule has 1 aromatic heterocycles. The molecule has 1 unspecified atom stereocenters. The number of rotatable bonds is 6. The second-order valence-corrected chi connectivity index (χ2v) is 5.88. The van der Waals surface area contributed by atoms with Gasteiger partial charge in [0.05, 0.1) is 16.8 Å². The fourth-order valence-electron chi connectivity index (χ4n) is 1.88. The third-order valence-electron chi connectivity index (χ3n) is 3.00. The third kappa shape index (κ3) is 3.28. The molecule has 1 heterocycles. The Balaban J connectivity index is 2.00. The van der Waals surface area contributed by atoms with Gasteiger partial charge in [-0.15, -0.1) is 11.3 Å². The fourth-order valence-corrected chi connectivity index (χ4v) is 2.80. The Bertz CT molecular complexity index is 462. The first-order valence-corrected chi connectivity index (χ1v) is 7.09. The topological polar surface area (TPSA) is 34.1 Å². The van der Waals surface area contributed by atoms with Gasteiger partial charge in [-0.25, -0.2) is 4.98 Å². The first-order chi connectivity index (χ1) is 8.70. The van der Waals surface area contributed by atoms with Crippen LogP contribution in [0.1, 0.15) is 18.9 Å². The molecule has 4 heteroatoms. The van der Waals surface area contributed by atoms with Crippen molar-refractivity contribution < 1.29 is 4.74 Å². The zero-order chi connectivity index (χ0) is 13.0. The average Bonchev–Trinajstić information content (AvgIpc) is 2.76. The van der Waals surface area contributed by atoms with Crippen LogP contribution < -0.4 is 5.32 Å². The summed E-state index contributed by atoms with van der Waals surface area (Å²) in [5, 5.41) is 4.66. The molecule has 0 radical (unpaired) electrons. The predicted octanol–water partition coefficient (Wildman–Crippen LogP) is 3.06. The van der Waals surface area contributed by atoms with Crippen molar-refractivity contribution in [2.75, 3.05) is 13.7 Å². The van der Waals surface area contributed by atoms with Gasteiger partial charge in [0.2, 0.25) is 0 Å². The summed E-state index contributed by atoms with van der Waals surface area (Å²) in [5.74, 6) is 0.555. The molecule has 0 saturated carbocycles. The van der Waals surface area contributed by atoms with E-state index < -0.39 is 0 Å². The first kappa shape index (κ1) is 13.5. The third-order valence-corrected chi connectivity index (χ3v) is 4.04. The van der Waals surface area contributed by atoms with E-state index >= 15 is 0 Å². The number of hydrogen-bond acceptors (Lipinski definition) is 4. The highest BCUT2D eigenvalue weighted by Crippen LogP contribution is 2.21. The molecule has 0 bridgehead atoms. The lowest BCUT2D eigenvalue weighted by molar-refractivity contribution is 0.146. The lowest BCUT2D eigenvalue weighted by atomic mass is 10.1. The quantitative estimate of drug-likeness (QED) is 0.870. The number of fused-ring (bicyclic) bond motifs is 1. The van der Waals surface area contributed by atoms with Crippen LogP contribution in [-0.2, 0) is 11.3 Å². The maximum Gasteiger partial charge on any atom is 0.108 e. The van der Waals surface area contributed by atoms with Crippen molar-refractivity contribution in [3.05, 3.63) is 29.3 Å². The van der Waals surface area contributed by atoms with E-state index in [1.165, 1.54) is 4.70 Å². The molecule has 1 aromatic carbocycles. The highest BCUT2D eigenvalue weighted by Gasteiger charge is 2.13. The lowest BCUT2D eigenvalue weighted by Crippen LogP contribution is -2.37. The van der Waals surface area contributed by atoms with E-state index in [1.807, 2.05) is 6.07 Å². The Morgan fingerprint density at radius 3 is 2.78 bits per heavy atom. The molecule has 0 saturated heterocycles. The molecule has 0 fully saturated rings. The first-order valence-electron chi connectivity index (χ1n) is 6.27. The molecule has 1 atom stereocenters. The van der Waals surface area contributed by atoms with Crippen molar-refractivity contribution >= 4 is 21.6 Å². The molecular formula is C14H20N2OS. The van der Waals surface area contributed by atoms with Gasteiger partial charge in [0.25, 0.3) is 0 Å². The van der Waals surface area contributed by atoms with E-state index in [9.17, 15) is 0 Å². The second kappa shape index (κ2) is 6.27. The van der Waals surface area contributed by atoms with E-state index in [0.717, 1.165) is 23.7 Å². The highest BCUT2D eigenvalue weighted by atomic mass is 32.1. The van der Waals surface area contributed by atoms with Crippen molar-refractivity contribution in [2.45, 2.75) is 26.4 Å². The molecule has 2 rings (SSSR count). The van der Waals surface area contributed by atoms with E-state index in [4.69, 9.17) is 4.74 Å². The van der Waals surface area contributed by atoms with Gasteiger partial charge in [-0.3, -0.25) is 0 Å². The molecule has 3 nitrogen and oxygen atoms in total. The maximum atomic E-state index is 5.23. The van der Waals surface area contributed by atoms with Crippen molar-refractivity contribution in [1.29, 1.82) is 0 Å². The van der Waals surface area contributed by atoms with Gasteiger partial charge in [-0.1, -0.05) is 26.0 Å². The molecule has 0 aliphatic rings. The fraction of sp³-hybridized carbons (Fsp3) is 0.500. The van der Waals surface area contributed by atoms with Crippen LogP contribution in [0.15, 0.2) is 24.3 Å². The number of nitrogens with one attached hydrogen (secondary N) is 1. The van der Waals surface area contributed by atoms with E-state index in [2.05, 4.69) is 42.3 Å². The van der Waals surface area contributed by atoms with E-state index in [1.54, 1.807) is 18.4 Å². The molecule has 0 spiro atoms. The van der Waals surface area contributed by atoms with Crippen molar-refractivity contribution in [3.63, 3.8) is 0 Å². The molecule has 0 aliphatic heterocycles. The van der Waals surface area contributed by atoms with Crippen LogP contribution >= 0.6 is 11.3 Å². The van der Waals surface area contributed by atoms with Gasteiger partial charge in [0, 0.05) is 19.7 Å². The minimum absolute atomic E-state index is 0.377. The number of aromatic nitrogens is 1. The number of benzene rings is 1. The summed E-state index contributed by atoms with van der Waals surface area (Å²) in [6.07, 6.45) is 0. The predicted molar refractivity (Wildman–Crippen MR) is 77.0 cm³/mol. The van der Waals surface area contributed by atoms with Crippen LogP contribution in [0.25, 0.3) is 10.2 Å². The zero-order valence-electron chi connectivity index (χ0n) is 11.1. The molecule has 0 amide bonds. The summed E-state index contributed by atoms with van der Waals surface area (Å²) in [5.41, 5.74) is 1.09. The zero-order valence-corrected chi connectivity index (χ0v) is 12.0. The SMILES string of the molecule is COCC(NCc1nc2ccccc2s1)C(C)C. The van der Waals surface area contributed by atoms with Crippen molar-refractivity contribution in [3.8, 4) is 0 Å². The van der Waals surface area contributed by atoms with Crippen LogP contribution in [0.2, 0.25) is 0 Å². The number of nitrogens with zero attached hydrogens (tertiary/aromatic N) is 1. The molecule has 0 aliphatic carbocycles. The molecule has 98 valence electrons. The second-order valence-electron chi connectivity index (χ2n) is 4.76. The van der Waals surface area contributed by atoms with Gasteiger partial charge in [-0.2, -0.15) is 0 Å². The Kier molecular flexibility index (Phi) is 4.69. The smallest absolute Gasteiger partial charge is 0.108 e. The molecule has 1 N–H and O–H groups in total. The Morgan fingerprint density at radius 1 is 1.33 bits per heavy atom. The Labute approximate surface area is 112 Å². The Morgan fingerprint density at radius 2 is 2.11 bits per heavy atom. The summed E-state index contributed by atoms with van der Waals surface area (Å²) in [6.45, 7) is 5.96. The number of ether oxygens (including phenoxy) is 1. The summed E-state index contributed by atoms with van der Waals surface area (Å²) in [7, 11) is 1.74. The van der Waals surface area contributed by atoms with Crippen LogP contribution in [0.4, 0.5) is 0 Å². The van der Waals surface area contributed by atoms with Gasteiger partial charge in [-0.05, 0) is 18.1 Å². The summed E-state index contributed by atoms with van der Waals surface area (Å²) >= 11 is 1.75. The minimum atomic E-state index is 0.377. The maximum absolute atomic E-state index is 5.23. The molecule has 18 heavy (non-hydrogen) atoms. The van der Waals surface area contributed by atoms with Gasteiger partial charge in [0.1, 0.15) is 5.01 Å². The highest BCUT2D eigenvalue weighted by molar-refractivity contribution is 7.18. The van der Waals surface area contributed by atoms with Crippen LogP contribution in [0, 0.1) is 5.92 Å². The number of para-hydroxylation sites is 1. The van der Waals surface area contributed by atoms with Crippen LogP contribution in [0.5, 0.6) is 0 Å². The normalized spacial score (nSPS) is 13.3.